The van der Waals surface area contributed by atoms with Gasteiger partial charge in [-0.15, -0.1) is 0 Å². The SMILES string of the molecule is OC1CCCN(C2C=CCCC2)C1. The van der Waals surface area contributed by atoms with Gasteiger partial charge >= 0.3 is 0 Å². The van der Waals surface area contributed by atoms with Gasteiger partial charge in [-0.25, -0.2) is 0 Å². The molecule has 0 aromatic carbocycles. The van der Waals surface area contributed by atoms with Crippen LogP contribution in [0.2, 0.25) is 0 Å². The summed E-state index contributed by atoms with van der Waals surface area (Å²) in [5, 5.41) is 9.54. The molecule has 0 aromatic rings. The quantitative estimate of drug-likeness (QED) is 0.620. The van der Waals surface area contributed by atoms with E-state index in [9.17, 15) is 5.11 Å². The number of hydrogen-bond donors (Lipinski definition) is 1. The Hall–Kier alpha value is -0.340. The Morgan fingerprint density at radius 2 is 2.15 bits per heavy atom. The van der Waals surface area contributed by atoms with Gasteiger partial charge in [0.1, 0.15) is 0 Å². The molecule has 0 radical (unpaired) electrons. The van der Waals surface area contributed by atoms with Crippen LogP contribution in [0.25, 0.3) is 0 Å². The number of piperidine rings is 1. The molecule has 2 unspecified atom stereocenters. The van der Waals surface area contributed by atoms with Crippen LogP contribution in [0.15, 0.2) is 12.2 Å². The van der Waals surface area contributed by atoms with E-state index in [-0.39, 0.29) is 6.10 Å². The number of rotatable bonds is 1. The Labute approximate surface area is 80.2 Å². The summed E-state index contributed by atoms with van der Waals surface area (Å²) in [4.78, 5) is 2.43. The summed E-state index contributed by atoms with van der Waals surface area (Å²) in [5.41, 5.74) is 0. The average molecular weight is 181 g/mol. The predicted octanol–water partition coefficient (Wildman–Crippen LogP) is 1.55. The van der Waals surface area contributed by atoms with Gasteiger partial charge in [-0.1, -0.05) is 12.2 Å². The maximum Gasteiger partial charge on any atom is 0.0667 e. The van der Waals surface area contributed by atoms with Crippen molar-refractivity contribution in [2.24, 2.45) is 0 Å². The molecule has 0 saturated carbocycles. The molecule has 0 spiro atoms. The summed E-state index contributed by atoms with van der Waals surface area (Å²) in [6.45, 7) is 2.06. The number of β-amino-alcohol motifs (C(OH)–C–C–N with tert-alkyl or cyclic N) is 1. The van der Waals surface area contributed by atoms with Gasteiger partial charge in [0.15, 0.2) is 0 Å². The zero-order chi connectivity index (χ0) is 9.10. The van der Waals surface area contributed by atoms with Crippen molar-refractivity contribution >= 4 is 0 Å². The third-order valence-corrected chi connectivity index (χ3v) is 3.13. The summed E-state index contributed by atoms with van der Waals surface area (Å²) < 4.78 is 0. The van der Waals surface area contributed by atoms with Crippen molar-refractivity contribution < 1.29 is 5.11 Å². The highest BCUT2D eigenvalue weighted by Crippen LogP contribution is 2.20. The van der Waals surface area contributed by atoms with Gasteiger partial charge in [-0.2, -0.15) is 0 Å². The van der Waals surface area contributed by atoms with E-state index in [4.69, 9.17) is 0 Å². The van der Waals surface area contributed by atoms with Crippen molar-refractivity contribution in [3.05, 3.63) is 12.2 Å². The van der Waals surface area contributed by atoms with Gasteiger partial charge in [0.05, 0.1) is 6.10 Å². The number of likely N-dealkylation sites (tertiary alicyclic amines) is 1. The van der Waals surface area contributed by atoms with Crippen LogP contribution in [0.3, 0.4) is 0 Å². The Balaban J connectivity index is 1.91. The molecule has 1 aliphatic carbocycles. The van der Waals surface area contributed by atoms with Crippen LogP contribution in [0.5, 0.6) is 0 Å². The third kappa shape index (κ3) is 2.32. The van der Waals surface area contributed by atoms with E-state index in [0.29, 0.717) is 6.04 Å². The lowest BCUT2D eigenvalue weighted by Crippen LogP contribution is -2.44. The van der Waals surface area contributed by atoms with Crippen LogP contribution in [-0.4, -0.2) is 35.2 Å². The van der Waals surface area contributed by atoms with Crippen molar-refractivity contribution in [1.82, 2.24) is 4.90 Å². The molecule has 13 heavy (non-hydrogen) atoms. The van der Waals surface area contributed by atoms with Crippen molar-refractivity contribution in [2.45, 2.75) is 44.2 Å². The lowest BCUT2D eigenvalue weighted by molar-refractivity contribution is 0.0538. The van der Waals surface area contributed by atoms with Gasteiger partial charge < -0.3 is 5.11 Å². The van der Waals surface area contributed by atoms with Crippen LogP contribution < -0.4 is 0 Å². The van der Waals surface area contributed by atoms with Gasteiger partial charge in [0.25, 0.3) is 0 Å². The maximum atomic E-state index is 9.54. The van der Waals surface area contributed by atoms with E-state index in [1.54, 1.807) is 0 Å². The Bertz CT molecular complexity index is 191. The molecule has 2 nitrogen and oxygen atoms in total. The first-order valence-electron chi connectivity index (χ1n) is 5.45. The number of aliphatic hydroxyl groups excluding tert-OH is 1. The van der Waals surface area contributed by atoms with Crippen LogP contribution in [0.1, 0.15) is 32.1 Å². The first-order valence-corrected chi connectivity index (χ1v) is 5.45. The van der Waals surface area contributed by atoms with E-state index >= 15 is 0 Å². The predicted molar refractivity (Wildman–Crippen MR) is 53.6 cm³/mol. The molecule has 0 amide bonds. The standard InChI is InChI=1S/C11H19NO/c13-11-7-4-8-12(9-11)10-5-2-1-3-6-10/h2,5,10-11,13H,1,3-4,6-9H2. The van der Waals surface area contributed by atoms with E-state index in [1.165, 1.54) is 25.8 Å². The summed E-state index contributed by atoms with van der Waals surface area (Å²) in [6.07, 6.45) is 10.5. The molecule has 74 valence electrons. The van der Waals surface area contributed by atoms with Crippen molar-refractivity contribution in [3.8, 4) is 0 Å². The Morgan fingerprint density at radius 1 is 1.23 bits per heavy atom. The van der Waals surface area contributed by atoms with Crippen molar-refractivity contribution in [3.63, 3.8) is 0 Å². The summed E-state index contributed by atoms with van der Waals surface area (Å²) in [6, 6.07) is 0.615. The smallest absolute Gasteiger partial charge is 0.0667 e. The molecule has 0 bridgehead atoms. The fourth-order valence-electron chi connectivity index (χ4n) is 2.38. The molecule has 1 saturated heterocycles. The van der Waals surface area contributed by atoms with Crippen LogP contribution >= 0.6 is 0 Å². The molecule has 2 atom stereocenters. The van der Waals surface area contributed by atoms with Gasteiger partial charge in [-0.3, -0.25) is 4.90 Å². The molecule has 2 aliphatic rings. The topological polar surface area (TPSA) is 23.5 Å². The molecule has 2 heteroatoms. The normalized spacial score (nSPS) is 36.4. The Kier molecular flexibility index (Phi) is 3.01. The van der Waals surface area contributed by atoms with Crippen molar-refractivity contribution in [1.29, 1.82) is 0 Å². The zero-order valence-electron chi connectivity index (χ0n) is 8.15. The first-order chi connectivity index (χ1) is 6.36. The largest absolute Gasteiger partial charge is 0.392 e. The van der Waals surface area contributed by atoms with Crippen molar-refractivity contribution in [2.75, 3.05) is 13.1 Å². The van der Waals surface area contributed by atoms with Crippen LogP contribution in [-0.2, 0) is 0 Å². The summed E-state index contributed by atoms with van der Waals surface area (Å²) in [7, 11) is 0. The second kappa shape index (κ2) is 4.25. The lowest BCUT2D eigenvalue weighted by Gasteiger charge is -2.36. The number of hydrogen-bond acceptors (Lipinski definition) is 2. The molecule has 0 aromatic heterocycles. The van der Waals surface area contributed by atoms with Crippen LogP contribution in [0.4, 0.5) is 0 Å². The minimum atomic E-state index is -0.0796. The van der Waals surface area contributed by atoms with Gasteiger partial charge in [0.2, 0.25) is 0 Å². The number of nitrogens with zero attached hydrogens (tertiary/aromatic N) is 1. The highest BCUT2D eigenvalue weighted by molar-refractivity contribution is 4.99. The zero-order valence-corrected chi connectivity index (χ0v) is 8.15. The monoisotopic (exact) mass is 181 g/mol. The van der Waals surface area contributed by atoms with E-state index < -0.39 is 0 Å². The van der Waals surface area contributed by atoms with Gasteiger partial charge in [0, 0.05) is 12.6 Å². The van der Waals surface area contributed by atoms with E-state index in [2.05, 4.69) is 17.1 Å². The Morgan fingerprint density at radius 3 is 2.85 bits per heavy atom. The first kappa shape index (κ1) is 9.22. The van der Waals surface area contributed by atoms with E-state index in [0.717, 1.165) is 19.4 Å². The molecular formula is C11H19NO. The maximum absolute atomic E-state index is 9.54. The fraction of sp³-hybridized carbons (Fsp3) is 0.818. The second-order valence-electron chi connectivity index (χ2n) is 4.22. The average Bonchev–Trinajstić information content (AvgIpc) is 2.19. The molecular weight excluding hydrogens is 162 g/mol. The van der Waals surface area contributed by atoms with Crippen LogP contribution in [0, 0.1) is 0 Å². The third-order valence-electron chi connectivity index (χ3n) is 3.13. The van der Waals surface area contributed by atoms with Gasteiger partial charge in [-0.05, 0) is 38.6 Å². The molecule has 2 rings (SSSR count). The molecule has 1 heterocycles. The number of allylic oxidation sites excluding steroid dienone is 1. The lowest BCUT2D eigenvalue weighted by atomic mass is 9.98. The molecule has 1 fully saturated rings. The minimum Gasteiger partial charge on any atom is -0.392 e. The summed E-state index contributed by atoms with van der Waals surface area (Å²) >= 11 is 0. The highest BCUT2D eigenvalue weighted by atomic mass is 16.3. The van der Waals surface area contributed by atoms with E-state index in [1.807, 2.05) is 0 Å². The minimum absolute atomic E-state index is 0.0796. The summed E-state index contributed by atoms with van der Waals surface area (Å²) in [5.74, 6) is 0. The fourth-order valence-corrected chi connectivity index (χ4v) is 2.38. The number of aliphatic hydroxyl groups is 1. The molecule has 1 N–H and O–H groups in total. The second-order valence-corrected chi connectivity index (χ2v) is 4.22. The highest BCUT2D eigenvalue weighted by Gasteiger charge is 2.23. The molecule has 1 aliphatic heterocycles.